The Morgan fingerprint density at radius 3 is 2.57 bits per heavy atom. The molecule has 0 amide bonds. The second-order valence-corrected chi connectivity index (χ2v) is 7.20. The monoisotopic (exact) mass is 485 g/mol. The van der Waals surface area contributed by atoms with Crippen LogP contribution in [0, 0.1) is 3.57 Å². The molecule has 6 nitrogen and oxygen atoms in total. The molecule has 0 saturated carbocycles. The number of halogens is 1. The zero-order valence-electron chi connectivity index (χ0n) is 15.0. The van der Waals surface area contributed by atoms with Gasteiger partial charge in [0.05, 0.1) is 18.0 Å². The van der Waals surface area contributed by atoms with Crippen LogP contribution < -0.4 is 15.0 Å². The van der Waals surface area contributed by atoms with Crippen LogP contribution in [-0.4, -0.2) is 21.6 Å². The highest BCUT2D eigenvalue weighted by molar-refractivity contribution is 14.1. The van der Waals surface area contributed by atoms with Gasteiger partial charge in [0.15, 0.2) is 17.3 Å². The molecule has 2 heterocycles. The Kier molecular flexibility index (Phi) is 5.25. The second-order valence-electron chi connectivity index (χ2n) is 5.96. The van der Waals surface area contributed by atoms with Gasteiger partial charge >= 0.3 is 0 Å². The largest absolute Gasteiger partial charge is 0.493 e. The number of rotatable bonds is 5. The van der Waals surface area contributed by atoms with Gasteiger partial charge in [0.25, 0.3) is 5.56 Å². The molecular weight excluding hydrogens is 469 g/mol. The first-order valence-electron chi connectivity index (χ1n) is 8.56. The van der Waals surface area contributed by atoms with Crippen LogP contribution in [0.3, 0.4) is 0 Å². The first-order chi connectivity index (χ1) is 13.7. The summed E-state index contributed by atoms with van der Waals surface area (Å²) in [6.07, 6.45) is 1.64. The molecule has 4 rings (SSSR count). The van der Waals surface area contributed by atoms with Crippen molar-refractivity contribution in [3.05, 3.63) is 86.6 Å². The van der Waals surface area contributed by atoms with Crippen LogP contribution in [0.5, 0.6) is 11.5 Å². The van der Waals surface area contributed by atoms with Gasteiger partial charge in [-0.15, -0.1) is 0 Å². The van der Waals surface area contributed by atoms with E-state index in [0.29, 0.717) is 34.0 Å². The lowest BCUT2D eigenvalue weighted by Gasteiger charge is -2.15. The number of aromatic nitrogens is 3. The van der Waals surface area contributed by atoms with Crippen molar-refractivity contribution < 1.29 is 9.47 Å². The smallest absolute Gasteiger partial charge is 0.267 e. The number of fused-ring (bicyclic) bond motifs is 1. The van der Waals surface area contributed by atoms with Crippen LogP contribution in [-0.2, 0) is 6.61 Å². The van der Waals surface area contributed by atoms with E-state index in [-0.39, 0.29) is 12.2 Å². The van der Waals surface area contributed by atoms with Crippen molar-refractivity contribution in [1.82, 2.24) is 14.5 Å². The number of pyridine rings is 1. The summed E-state index contributed by atoms with van der Waals surface area (Å²) >= 11 is 2.20. The molecule has 0 atom stereocenters. The molecule has 0 fully saturated rings. The quantitative estimate of drug-likeness (QED) is 0.401. The number of nitrogens with zero attached hydrogens (tertiary/aromatic N) is 3. The Bertz CT molecular complexity index is 1190. The van der Waals surface area contributed by atoms with E-state index in [9.17, 15) is 4.79 Å². The summed E-state index contributed by atoms with van der Waals surface area (Å²) in [4.78, 5) is 22.2. The molecule has 0 radical (unpaired) electrons. The summed E-state index contributed by atoms with van der Waals surface area (Å²) < 4.78 is 13.8. The number of para-hydroxylation sites is 2. The molecule has 7 heteroatoms. The van der Waals surface area contributed by atoms with Crippen LogP contribution in [0.1, 0.15) is 5.82 Å². The van der Waals surface area contributed by atoms with Crippen molar-refractivity contribution in [2.45, 2.75) is 6.61 Å². The summed E-state index contributed by atoms with van der Waals surface area (Å²) in [6, 6.07) is 18.3. The Hall–Kier alpha value is -2.94. The van der Waals surface area contributed by atoms with Crippen LogP contribution in [0.25, 0.3) is 16.7 Å². The average Bonchev–Trinajstić information content (AvgIpc) is 2.73. The molecule has 0 aliphatic carbocycles. The minimum absolute atomic E-state index is 0.0909. The third kappa shape index (κ3) is 3.57. The fourth-order valence-corrected chi connectivity index (χ4v) is 3.38. The van der Waals surface area contributed by atoms with Gasteiger partial charge in [-0.3, -0.25) is 4.79 Å². The van der Waals surface area contributed by atoms with E-state index >= 15 is 0 Å². The molecule has 0 N–H and O–H groups in total. The molecular formula is C21H16IN3O3. The molecule has 0 saturated heterocycles. The average molecular weight is 485 g/mol. The van der Waals surface area contributed by atoms with Gasteiger partial charge in [-0.1, -0.05) is 18.2 Å². The first-order valence-corrected chi connectivity index (χ1v) is 9.63. The summed E-state index contributed by atoms with van der Waals surface area (Å²) in [6.45, 7) is 0.0909. The minimum Gasteiger partial charge on any atom is -0.493 e. The van der Waals surface area contributed by atoms with Crippen molar-refractivity contribution in [2.75, 3.05) is 7.11 Å². The Morgan fingerprint density at radius 1 is 1.04 bits per heavy atom. The van der Waals surface area contributed by atoms with E-state index in [1.165, 1.54) is 4.57 Å². The van der Waals surface area contributed by atoms with E-state index in [1.807, 2.05) is 42.5 Å². The van der Waals surface area contributed by atoms with Crippen LogP contribution in [0.4, 0.5) is 0 Å². The van der Waals surface area contributed by atoms with Gasteiger partial charge in [0, 0.05) is 9.77 Å². The number of hydrogen-bond acceptors (Lipinski definition) is 5. The van der Waals surface area contributed by atoms with Crippen molar-refractivity contribution in [3.8, 4) is 17.3 Å². The van der Waals surface area contributed by atoms with Gasteiger partial charge in [0.2, 0.25) is 0 Å². The molecule has 0 unspecified atom stereocenters. The molecule has 0 aliphatic heterocycles. The van der Waals surface area contributed by atoms with Gasteiger partial charge in [-0.2, -0.15) is 0 Å². The van der Waals surface area contributed by atoms with Crippen molar-refractivity contribution in [3.63, 3.8) is 0 Å². The highest BCUT2D eigenvalue weighted by Gasteiger charge is 2.15. The van der Waals surface area contributed by atoms with Gasteiger partial charge < -0.3 is 9.47 Å². The SMILES string of the molecule is COc1ccccc1OCc1nc2cc(I)ccc2c(=O)n1-c1ccccn1. The van der Waals surface area contributed by atoms with Crippen molar-refractivity contribution in [2.24, 2.45) is 0 Å². The molecule has 28 heavy (non-hydrogen) atoms. The van der Waals surface area contributed by atoms with Crippen molar-refractivity contribution >= 4 is 33.5 Å². The number of hydrogen-bond donors (Lipinski definition) is 0. The zero-order valence-corrected chi connectivity index (χ0v) is 17.2. The highest BCUT2D eigenvalue weighted by atomic mass is 127. The van der Waals surface area contributed by atoms with Crippen molar-refractivity contribution in [1.29, 1.82) is 0 Å². The molecule has 2 aromatic carbocycles. The number of ether oxygens (including phenoxy) is 2. The minimum atomic E-state index is -0.182. The summed E-state index contributed by atoms with van der Waals surface area (Å²) in [5, 5.41) is 0.534. The maximum atomic E-state index is 13.2. The lowest BCUT2D eigenvalue weighted by atomic mass is 10.2. The third-order valence-electron chi connectivity index (χ3n) is 4.21. The molecule has 140 valence electrons. The van der Waals surface area contributed by atoms with Gasteiger partial charge in [-0.05, 0) is 65.1 Å². The topological polar surface area (TPSA) is 66.2 Å². The lowest BCUT2D eigenvalue weighted by molar-refractivity contribution is 0.273. The molecule has 0 bridgehead atoms. The van der Waals surface area contributed by atoms with E-state index in [1.54, 1.807) is 31.5 Å². The third-order valence-corrected chi connectivity index (χ3v) is 4.88. The Balaban J connectivity index is 1.84. The summed E-state index contributed by atoms with van der Waals surface area (Å²) in [7, 11) is 1.59. The van der Waals surface area contributed by atoms with Crippen LogP contribution in [0.2, 0.25) is 0 Å². The predicted molar refractivity (Wildman–Crippen MR) is 115 cm³/mol. The number of methoxy groups -OCH3 is 1. The van der Waals surface area contributed by atoms with E-state index in [2.05, 4.69) is 27.6 Å². The van der Waals surface area contributed by atoms with E-state index in [4.69, 9.17) is 14.5 Å². The Morgan fingerprint density at radius 2 is 1.82 bits per heavy atom. The predicted octanol–water partition coefficient (Wildman–Crippen LogP) is 3.97. The maximum absolute atomic E-state index is 13.2. The second kappa shape index (κ2) is 7.97. The standard InChI is InChI=1S/C21H16IN3O3/c1-27-17-6-2-3-7-18(17)28-13-20-24-16-12-14(22)9-10-15(16)21(26)25(20)19-8-4-5-11-23-19/h2-12H,13H2,1H3. The van der Waals surface area contributed by atoms with E-state index < -0.39 is 0 Å². The zero-order chi connectivity index (χ0) is 19.5. The van der Waals surface area contributed by atoms with E-state index in [0.717, 1.165) is 3.57 Å². The van der Waals surface area contributed by atoms with Crippen LogP contribution >= 0.6 is 22.6 Å². The molecule has 4 aromatic rings. The highest BCUT2D eigenvalue weighted by Crippen LogP contribution is 2.26. The lowest BCUT2D eigenvalue weighted by Crippen LogP contribution is -2.25. The Labute approximate surface area is 174 Å². The fourth-order valence-electron chi connectivity index (χ4n) is 2.90. The van der Waals surface area contributed by atoms with Gasteiger partial charge in [-0.25, -0.2) is 14.5 Å². The van der Waals surface area contributed by atoms with Crippen LogP contribution in [0.15, 0.2) is 71.7 Å². The fraction of sp³-hybridized carbons (Fsp3) is 0.0952. The normalized spacial score (nSPS) is 10.8. The molecule has 2 aromatic heterocycles. The molecule has 0 aliphatic rings. The number of benzene rings is 2. The molecule has 0 spiro atoms. The first kappa shape index (κ1) is 18.4. The summed E-state index contributed by atoms with van der Waals surface area (Å²) in [5.74, 6) is 2.15. The van der Waals surface area contributed by atoms with Gasteiger partial charge in [0.1, 0.15) is 12.4 Å². The maximum Gasteiger partial charge on any atom is 0.267 e. The summed E-state index contributed by atoms with van der Waals surface area (Å²) in [5.41, 5.74) is 0.446.